The smallest absolute Gasteiger partial charge is 0.201 e. The van der Waals surface area contributed by atoms with Crippen LogP contribution in [-0.2, 0) is 14.3 Å². The Hall–Kier alpha value is -1.84. The fourth-order valence-electron chi connectivity index (χ4n) is 0.975. The molecule has 0 aromatic rings. The van der Waals surface area contributed by atoms with Crippen LogP contribution in [0.1, 0.15) is 0 Å². The van der Waals surface area contributed by atoms with E-state index < -0.39 is 0 Å². The Labute approximate surface area is 81.9 Å². The van der Waals surface area contributed by atoms with E-state index in [0.717, 1.165) is 0 Å². The number of carbonyl (C=O) groups is 2. The molecular weight excluding hydrogens is 182 g/mol. The van der Waals surface area contributed by atoms with Crippen molar-refractivity contribution in [3.8, 4) is 0 Å². The highest BCUT2D eigenvalue weighted by atomic mass is 16.5. The third kappa shape index (κ3) is 2.90. The maximum absolute atomic E-state index is 11.2. The topological polar surface area (TPSA) is 55.4 Å². The lowest BCUT2D eigenvalue weighted by Gasteiger charge is -2.09. The highest BCUT2D eigenvalue weighted by Crippen LogP contribution is 2.01. The number of carbonyl (C=O) groups excluding carboxylic acids is 2. The lowest BCUT2D eigenvalue weighted by Crippen LogP contribution is -2.25. The molecule has 0 aromatic carbocycles. The van der Waals surface area contributed by atoms with Crippen LogP contribution in [0.15, 0.2) is 36.8 Å². The monoisotopic (exact) mass is 193 g/mol. The number of allylic oxidation sites excluding steroid dienone is 3. The molecule has 0 heterocycles. The summed E-state index contributed by atoms with van der Waals surface area (Å²) in [4.78, 5) is 22.1. The van der Waals surface area contributed by atoms with Gasteiger partial charge < -0.3 is 10.1 Å². The summed E-state index contributed by atoms with van der Waals surface area (Å²) in [6.07, 6.45) is 5.09. The number of hydrogen-bond donors (Lipinski definition) is 1. The Kier molecular flexibility index (Phi) is 3.67. The van der Waals surface area contributed by atoms with Crippen molar-refractivity contribution in [2.45, 2.75) is 0 Å². The fraction of sp³-hybridized carbons (Fsp3) is 0.200. The minimum absolute atomic E-state index is 0.184. The lowest BCUT2D eigenvalue weighted by molar-refractivity contribution is -0.114. The number of rotatable bonds is 5. The quantitative estimate of drug-likeness (QED) is 0.388. The van der Waals surface area contributed by atoms with Gasteiger partial charge in [-0.15, -0.1) is 0 Å². The van der Waals surface area contributed by atoms with Crippen molar-refractivity contribution in [1.82, 2.24) is 5.32 Å². The summed E-state index contributed by atoms with van der Waals surface area (Å²) in [5.41, 5.74) is 0.310. The summed E-state index contributed by atoms with van der Waals surface area (Å²) in [5, 5.41) is 2.80. The van der Waals surface area contributed by atoms with E-state index in [0.29, 0.717) is 18.8 Å². The van der Waals surface area contributed by atoms with Crippen LogP contribution in [0.4, 0.5) is 0 Å². The highest BCUT2D eigenvalue weighted by molar-refractivity contribution is 6.16. The predicted octanol–water partition coefficient (Wildman–Crippen LogP) is 0.328. The van der Waals surface area contributed by atoms with E-state index in [1.165, 1.54) is 24.5 Å². The summed E-state index contributed by atoms with van der Waals surface area (Å²) in [6, 6.07) is 0. The lowest BCUT2D eigenvalue weighted by atomic mass is 10.1. The van der Waals surface area contributed by atoms with Gasteiger partial charge >= 0.3 is 0 Å². The van der Waals surface area contributed by atoms with E-state index in [1.54, 1.807) is 0 Å². The molecule has 0 unspecified atom stereocenters. The van der Waals surface area contributed by atoms with E-state index >= 15 is 0 Å². The second-order valence-corrected chi connectivity index (χ2v) is 2.62. The Bertz CT molecular complexity index is 315. The summed E-state index contributed by atoms with van der Waals surface area (Å²) in [5.74, 6) is -0.375. The standard InChI is InChI=1S/C10H11NO3/c1-2-14-6-5-11-9-7-8(12)3-4-10(9)13/h2-4,7,11H,1,5-6H2. The Morgan fingerprint density at radius 3 is 2.93 bits per heavy atom. The zero-order valence-corrected chi connectivity index (χ0v) is 7.66. The van der Waals surface area contributed by atoms with Crippen LogP contribution in [-0.4, -0.2) is 24.7 Å². The molecule has 0 aromatic heterocycles. The first-order valence-electron chi connectivity index (χ1n) is 4.18. The van der Waals surface area contributed by atoms with Crippen molar-refractivity contribution in [3.05, 3.63) is 36.8 Å². The van der Waals surface area contributed by atoms with Gasteiger partial charge in [0.05, 0.1) is 12.0 Å². The second kappa shape index (κ2) is 5.01. The molecule has 1 aliphatic rings. The molecule has 0 aliphatic heterocycles. The van der Waals surface area contributed by atoms with Crippen molar-refractivity contribution >= 4 is 11.6 Å². The van der Waals surface area contributed by atoms with Crippen LogP contribution in [0.5, 0.6) is 0 Å². The molecule has 4 heteroatoms. The van der Waals surface area contributed by atoms with Crippen LogP contribution >= 0.6 is 0 Å². The van der Waals surface area contributed by atoms with Crippen LogP contribution in [0.2, 0.25) is 0 Å². The van der Waals surface area contributed by atoms with Gasteiger partial charge in [0.1, 0.15) is 6.61 Å². The largest absolute Gasteiger partial charge is 0.500 e. The van der Waals surface area contributed by atoms with Gasteiger partial charge in [-0.1, -0.05) is 6.58 Å². The molecular formula is C10H11NO3. The number of nitrogens with one attached hydrogen (secondary N) is 1. The maximum Gasteiger partial charge on any atom is 0.201 e. The highest BCUT2D eigenvalue weighted by Gasteiger charge is 2.11. The van der Waals surface area contributed by atoms with Crippen molar-refractivity contribution < 1.29 is 14.3 Å². The molecule has 4 nitrogen and oxygen atoms in total. The summed E-state index contributed by atoms with van der Waals surface area (Å²) in [7, 11) is 0. The van der Waals surface area contributed by atoms with E-state index in [2.05, 4.69) is 11.9 Å². The minimum Gasteiger partial charge on any atom is -0.500 e. The van der Waals surface area contributed by atoms with Crippen molar-refractivity contribution in [2.24, 2.45) is 0 Å². The minimum atomic E-state index is -0.191. The van der Waals surface area contributed by atoms with Gasteiger partial charge in [-0.2, -0.15) is 0 Å². The Morgan fingerprint density at radius 2 is 2.21 bits per heavy atom. The average molecular weight is 193 g/mol. The summed E-state index contributed by atoms with van der Waals surface area (Å²) >= 11 is 0. The second-order valence-electron chi connectivity index (χ2n) is 2.62. The van der Waals surface area contributed by atoms with Crippen LogP contribution in [0, 0.1) is 0 Å². The predicted molar refractivity (Wildman–Crippen MR) is 51.4 cm³/mol. The Morgan fingerprint density at radius 1 is 1.43 bits per heavy atom. The van der Waals surface area contributed by atoms with E-state index in [-0.39, 0.29) is 11.6 Å². The zero-order valence-electron chi connectivity index (χ0n) is 7.66. The number of ketones is 2. The molecule has 1 rings (SSSR count). The number of hydrogen-bond acceptors (Lipinski definition) is 4. The summed E-state index contributed by atoms with van der Waals surface area (Å²) in [6.45, 7) is 4.25. The molecule has 1 N–H and O–H groups in total. The Balaban J connectivity index is 2.40. The van der Waals surface area contributed by atoms with Gasteiger partial charge in [0.2, 0.25) is 5.78 Å². The van der Waals surface area contributed by atoms with Crippen LogP contribution in [0.3, 0.4) is 0 Å². The average Bonchev–Trinajstić information content (AvgIpc) is 2.18. The molecule has 14 heavy (non-hydrogen) atoms. The fourth-order valence-corrected chi connectivity index (χ4v) is 0.975. The zero-order chi connectivity index (χ0) is 10.4. The van der Waals surface area contributed by atoms with Gasteiger partial charge in [0, 0.05) is 12.6 Å². The van der Waals surface area contributed by atoms with Crippen molar-refractivity contribution in [3.63, 3.8) is 0 Å². The van der Waals surface area contributed by atoms with Gasteiger partial charge in [0.25, 0.3) is 0 Å². The van der Waals surface area contributed by atoms with Gasteiger partial charge in [-0.25, -0.2) is 0 Å². The van der Waals surface area contributed by atoms with Gasteiger partial charge in [-0.05, 0) is 12.2 Å². The van der Waals surface area contributed by atoms with Gasteiger partial charge in [0.15, 0.2) is 5.78 Å². The van der Waals surface area contributed by atoms with E-state index in [9.17, 15) is 9.59 Å². The van der Waals surface area contributed by atoms with Gasteiger partial charge in [-0.3, -0.25) is 9.59 Å². The molecule has 0 amide bonds. The molecule has 0 atom stereocenters. The molecule has 0 radical (unpaired) electrons. The molecule has 0 saturated heterocycles. The molecule has 0 spiro atoms. The van der Waals surface area contributed by atoms with Crippen LogP contribution in [0.25, 0.3) is 0 Å². The SMILES string of the molecule is C=COCCNC1=CC(=O)C=CC1=O. The van der Waals surface area contributed by atoms with E-state index in [1.807, 2.05) is 0 Å². The molecule has 74 valence electrons. The first-order valence-corrected chi connectivity index (χ1v) is 4.18. The third-order valence-electron chi connectivity index (χ3n) is 1.60. The first-order chi connectivity index (χ1) is 6.74. The van der Waals surface area contributed by atoms with E-state index in [4.69, 9.17) is 4.74 Å². The normalized spacial score (nSPS) is 15.0. The molecule has 0 fully saturated rings. The van der Waals surface area contributed by atoms with Crippen LogP contribution < -0.4 is 5.32 Å². The van der Waals surface area contributed by atoms with Crippen molar-refractivity contribution in [1.29, 1.82) is 0 Å². The molecule has 0 bridgehead atoms. The summed E-state index contributed by atoms with van der Waals surface area (Å²) < 4.78 is 4.85. The maximum atomic E-state index is 11.2. The molecule has 1 aliphatic carbocycles. The van der Waals surface area contributed by atoms with Crippen molar-refractivity contribution in [2.75, 3.05) is 13.2 Å². The number of ether oxygens (including phenoxy) is 1. The first kappa shape index (κ1) is 10.2. The molecule has 0 saturated carbocycles. The third-order valence-corrected chi connectivity index (χ3v) is 1.60.